The van der Waals surface area contributed by atoms with Gasteiger partial charge in [0.05, 0.1) is 6.54 Å². The van der Waals surface area contributed by atoms with E-state index in [0.717, 1.165) is 17.0 Å². The third-order valence-corrected chi connectivity index (χ3v) is 3.71. The fourth-order valence-corrected chi connectivity index (χ4v) is 2.38. The molecule has 0 spiro atoms. The van der Waals surface area contributed by atoms with Gasteiger partial charge in [0, 0.05) is 41.5 Å². The molecule has 0 aliphatic carbocycles. The van der Waals surface area contributed by atoms with Gasteiger partial charge in [-0.15, -0.1) is 5.10 Å². The van der Waals surface area contributed by atoms with Crippen LogP contribution in [0.3, 0.4) is 0 Å². The van der Waals surface area contributed by atoms with Gasteiger partial charge in [0.1, 0.15) is 5.82 Å². The van der Waals surface area contributed by atoms with Crippen LogP contribution in [-0.2, 0) is 6.54 Å². The zero-order valence-corrected chi connectivity index (χ0v) is 14.5. The molecule has 0 atom stereocenters. The van der Waals surface area contributed by atoms with Crippen LogP contribution in [0.1, 0.15) is 31.2 Å². The molecular formula is C17H18ClN5O. The van der Waals surface area contributed by atoms with Crippen LogP contribution in [0.2, 0.25) is 5.02 Å². The minimum absolute atomic E-state index is 0.313. The van der Waals surface area contributed by atoms with E-state index >= 15 is 0 Å². The molecule has 0 aliphatic rings. The van der Waals surface area contributed by atoms with Crippen molar-refractivity contribution in [2.75, 3.05) is 11.9 Å². The van der Waals surface area contributed by atoms with E-state index in [0.29, 0.717) is 29.4 Å². The first-order valence-electron chi connectivity index (χ1n) is 7.64. The third-order valence-electron chi connectivity index (χ3n) is 3.47. The number of hydrogen-bond donors (Lipinski definition) is 0. The van der Waals surface area contributed by atoms with E-state index in [-0.39, 0.29) is 0 Å². The summed E-state index contributed by atoms with van der Waals surface area (Å²) in [7, 11) is 1.88. The molecule has 3 aromatic rings. The fraction of sp³-hybridized carbons (Fsp3) is 0.294. The first-order chi connectivity index (χ1) is 11.5. The van der Waals surface area contributed by atoms with Gasteiger partial charge in [0.15, 0.2) is 0 Å². The molecule has 2 aromatic heterocycles. The van der Waals surface area contributed by atoms with E-state index in [1.165, 1.54) is 0 Å². The van der Waals surface area contributed by atoms with Crippen LogP contribution in [0.5, 0.6) is 0 Å². The van der Waals surface area contributed by atoms with Gasteiger partial charge in [-0.1, -0.05) is 36.6 Å². The van der Waals surface area contributed by atoms with Crippen molar-refractivity contribution in [1.82, 2.24) is 20.2 Å². The van der Waals surface area contributed by atoms with Crippen molar-refractivity contribution in [3.8, 4) is 11.5 Å². The molecular weight excluding hydrogens is 326 g/mol. The average molecular weight is 344 g/mol. The molecule has 0 fully saturated rings. The predicted molar refractivity (Wildman–Crippen MR) is 93.0 cm³/mol. The van der Waals surface area contributed by atoms with Gasteiger partial charge < -0.3 is 9.32 Å². The Morgan fingerprint density at radius 3 is 2.58 bits per heavy atom. The van der Waals surface area contributed by atoms with E-state index in [9.17, 15) is 0 Å². The highest BCUT2D eigenvalue weighted by atomic mass is 35.5. The van der Waals surface area contributed by atoms with E-state index in [2.05, 4.69) is 34.0 Å². The molecule has 0 bridgehead atoms. The van der Waals surface area contributed by atoms with Crippen molar-refractivity contribution in [2.45, 2.75) is 26.3 Å². The molecule has 7 heteroatoms. The molecule has 0 aliphatic heterocycles. The molecule has 124 valence electrons. The van der Waals surface area contributed by atoms with Crippen molar-refractivity contribution in [3.05, 3.63) is 53.1 Å². The standard InChI is InChI=1S/C17H18ClN5O/c1-11(2)15-19-8-12(9-20-15)10-23(3)17-22-21-16(24-17)13-5-4-6-14(18)7-13/h4-9,11H,10H2,1-3H3. The highest BCUT2D eigenvalue weighted by molar-refractivity contribution is 6.30. The molecule has 2 heterocycles. The number of rotatable bonds is 5. The summed E-state index contributed by atoms with van der Waals surface area (Å²) in [5.41, 5.74) is 1.77. The topological polar surface area (TPSA) is 67.9 Å². The second-order valence-corrected chi connectivity index (χ2v) is 6.30. The lowest BCUT2D eigenvalue weighted by Crippen LogP contribution is -2.17. The number of anilines is 1. The first kappa shape index (κ1) is 16.4. The zero-order chi connectivity index (χ0) is 17.1. The minimum atomic E-state index is 0.313. The lowest BCUT2D eigenvalue weighted by molar-refractivity contribution is 0.554. The lowest BCUT2D eigenvalue weighted by Gasteiger charge is -2.13. The van der Waals surface area contributed by atoms with Gasteiger partial charge in [0.2, 0.25) is 5.89 Å². The first-order valence-corrected chi connectivity index (χ1v) is 8.02. The van der Waals surface area contributed by atoms with Gasteiger partial charge >= 0.3 is 6.01 Å². The molecule has 1 aromatic carbocycles. The minimum Gasteiger partial charge on any atom is -0.403 e. The average Bonchev–Trinajstić information content (AvgIpc) is 3.05. The maximum absolute atomic E-state index is 5.99. The summed E-state index contributed by atoms with van der Waals surface area (Å²) in [5, 5.41) is 8.80. The van der Waals surface area contributed by atoms with E-state index in [4.69, 9.17) is 16.0 Å². The Labute approximate surface area is 145 Å². The molecule has 0 saturated carbocycles. The van der Waals surface area contributed by atoms with Gasteiger partial charge in [-0.2, -0.15) is 0 Å². The van der Waals surface area contributed by atoms with E-state index in [1.807, 2.05) is 36.5 Å². The molecule has 3 rings (SSSR count). The maximum atomic E-state index is 5.99. The highest BCUT2D eigenvalue weighted by Gasteiger charge is 2.13. The van der Waals surface area contributed by atoms with Crippen molar-refractivity contribution in [3.63, 3.8) is 0 Å². The van der Waals surface area contributed by atoms with Crippen LogP contribution in [0.15, 0.2) is 41.1 Å². The molecule has 0 radical (unpaired) electrons. The van der Waals surface area contributed by atoms with Crippen LogP contribution in [0.25, 0.3) is 11.5 Å². The summed E-state index contributed by atoms with van der Waals surface area (Å²) in [5.74, 6) is 1.58. The van der Waals surface area contributed by atoms with Crippen molar-refractivity contribution in [1.29, 1.82) is 0 Å². The second kappa shape index (κ2) is 6.97. The highest BCUT2D eigenvalue weighted by Crippen LogP contribution is 2.24. The number of benzene rings is 1. The van der Waals surface area contributed by atoms with Gasteiger partial charge in [-0.3, -0.25) is 0 Å². The zero-order valence-electron chi connectivity index (χ0n) is 13.8. The van der Waals surface area contributed by atoms with Crippen LogP contribution < -0.4 is 4.90 Å². The number of nitrogens with zero attached hydrogens (tertiary/aromatic N) is 5. The van der Waals surface area contributed by atoms with Crippen molar-refractivity contribution < 1.29 is 4.42 Å². The maximum Gasteiger partial charge on any atom is 0.318 e. The summed E-state index contributed by atoms with van der Waals surface area (Å²) in [4.78, 5) is 10.6. The summed E-state index contributed by atoms with van der Waals surface area (Å²) in [6.07, 6.45) is 3.65. The summed E-state index contributed by atoms with van der Waals surface area (Å²) >= 11 is 5.99. The Morgan fingerprint density at radius 2 is 1.92 bits per heavy atom. The SMILES string of the molecule is CC(C)c1ncc(CN(C)c2nnc(-c3cccc(Cl)c3)o2)cn1. The normalized spacial score (nSPS) is 11.0. The quantitative estimate of drug-likeness (QED) is 0.699. The molecule has 6 nitrogen and oxygen atoms in total. The predicted octanol–water partition coefficient (Wildman–Crippen LogP) is 3.94. The Kier molecular flexibility index (Phi) is 4.76. The van der Waals surface area contributed by atoms with Crippen LogP contribution >= 0.6 is 11.6 Å². The Hall–Kier alpha value is -2.47. The summed E-state index contributed by atoms with van der Waals surface area (Å²) < 4.78 is 5.72. The van der Waals surface area contributed by atoms with Crippen LogP contribution in [-0.4, -0.2) is 27.2 Å². The van der Waals surface area contributed by atoms with E-state index < -0.39 is 0 Å². The molecule has 24 heavy (non-hydrogen) atoms. The summed E-state index contributed by atoms with van der Waals surface area (Å²) in [6, 6.07) is 7.74. The smallest absolute Gasteiger partial charge is 0.318 e. The molecule has 0 amide bonds. The number of aromatic nitrogens is 4. The van der Waals surface area contributed by atoms with Gasteiger partial charge in [-0.25, -0.2) is 9.97 Å². The summed E-state index contributed by atoms with van der Waals surface area (Å²) in [6.45, 7) is 4.71. The van der Waals surface area contributed by atoms with Gasteiger partial charge in [-0.05, 0) is 18.2 Å². The monoisotopic (exact) mass is 343 g/mol. The Bertz CT molecular complexity index is 816. The molecule has 0 N–H and O–H groups in total. The Balaban J connectivity index is 1.72. The van der Waals surface area contributed by atoms with Crippen LogP contribution in [0, 0.1) is 0 Å². The number of hydrogen-bond acceptors (Lipinski definition) is 6. The van der Waals surface area contributed by atoms with E-state index in [1.54, 1.807) is 12.1 Å². The lowest BCUT2D eigenvalue weighted by atomic mass is 10.2. The van der Waals surface area contributed by atoms with Gasteiger partial charge in [0.25, 0.3) is 0 Å². The third kappa shape index (κ3) is 3.71. The fourth-order valence-electron chi connectivity index (χ4n) is 2.19. The van der Waals surface area contributed by atoms with Crippen LogP contribution in [0.4, 0.5) is 6.01 Å². The largest absolute Gasteiger partial charge is 0.403 e. The van der Waals surface area contributed by atoms with Crippen molar-refractivity contribution >= 4 is 17.6 Å². The molecule has 0 saturated heterocycles. The van der Waals surface area contributed by atoms with Crippen molar-refractivity contribution in [2.24, 2.45) is 0 Å². The Morgan fingerprint density at radius 1 is 1.17 bits per heavy atom. The molecule has 0 unspecified atom stereocenters. The second-order valence-electron chi connectivity index (χ2n) is 5.86. The number of halogens is 1.